The minimum Gasteiger partial charge on any atom is -0.497 e. The molecule has 4 rings (SSSR count). The fourth-order valence-corrected chi connectivity index (χ4v) is 5.18. The van der Waals surface area contributed by atoms with Crippen LogP contribution in [0.4, 0.5) is 21.4 Å². The molecule has 37 heavy (non-hydrogen) atoms. The summed E-state index contributed by atoms with van der Waals surface area (Å²) in [5, 5.41) is 20.4. The van der Waals surface area contributed by atoms with Crippen molar-refractivity contribution in [3.8, 4) is 26.9 Å². The van der Waals surface area contributed by atoms with E-state index in [9.17, 15) is 14.7 Å². The van der Waals surface area contributed by atoms with Crippen LogP contribution >= 0.6 is 22.7 Å². The lowest BCUT2D eigenvalue weighted by molar-refractivity contribution is 0.102. The first kappa shape index (κ1) is 26.1. The predicted molar refractivity (Wildman–Crippen MR) is 147 cm³/mol. The van der Waals surface area contributed by atoms with Gasteiger partial charge in [0.25, 0.3) is 5.91 Å². The number of hydrogen-bond donors (Lipinski definition) is 5. The number of urea groups is 1. The molecule has 2 heterocycles. The molecule has 2 aromatic carbocycles. The zero-order valence-electron chi connectivity index (χ0n) is 20.1. The third-order valence-corrected chi connectivity index (χ3v) is 7.35. The van der Waals surface area contributed by atoms with Crippen molar-refractivity contribution in [1.82, 2.24) is 15.3 Å². The van der Waals surface area contributed by atoms with Crippen LogP contribution in [-0.4, -0.2) is 46.8 Å². The third kappa shape index (κ3) is 6.42. The quantitative estimate of drug-likeness (QED) is 0.208. The second-order valence-electron chi connectivity index (χ2n) is 7.92. The Morgan fingerprint density at radius 3 is 2.70 bits per heavy atom. The number of anilines is 3. The second kappa shape index (κ2) is 11.8. The molecule has 2 aromatic heterocycles. The molecule has 0 aliphatic carbocycles. The van der Waals surface area contributed by atoms with E-state index in [1.54, 1.807) is 37.4 Å². The van der Waals surface area contributed by atoms with Crippen molar-refractivity contribution >= 4 is 51.2 Å². The normalized spacial score (nSPS) is 11.5. The van der Waals surface area contributed by atoms with Gasteiger partial charge < -0.3 is 26.2 Å². The molecule has 0 radical (unpaired) electrons. The largest absolute Gasteiger partial charge is 0.497 e. The molecule has 0 saturated carbocycles. The lowest BCUT2D eigenvalue weighted by Gasteiger charge is -2.13. The number of carbonyl (C=O) groups excluding carboxylic acids is 2. The number of nitrogen functional groups attached to an aromatic ring is 1. The maximum atomic E-state index is 12.7. The number of aliphatic hydroxyl groups excluding tert-OH is 1. The van der Waals surface area contributed by atoms with E-state index in [0.717, 1.165) is 5.56 Å². The van der Waals surface area contributed by atoms with Crippen LogP contribution in [0.3, 0.4) is 0 Å². The summed E-state index contributed by atoms with van der Waals surface area (Å²) in [5.74, 6) is 0.614. The van der Waals surface area contributed by atoms with E-state index >= 15 is 0 Å². The Morgan fingerprint density at radius 1 is 1.14 bits per heavy atom. The van der Waals surface area contributed by atoms with Crippen molar-refractivity contribution in [2.24, 2.45) is 0 Å². The maximum Gasteiger partial charge on any atom is 0.321 e. The van der Waals surface area contributed by atoms with Gasteiger partial charge >= 0.3 is 6.03 Å². The highest BCUT2D eigenvalue weighted by molar-refractivity contribution is 7.23. The van der Waals surface area contributed by atoms with Crippen molar-refractivity contribution in [3.05, 3.63) is 59.5 Å². The van der Waals surface area contributed by atoms with Crippen LogP contribution in [0.2, 0.25) is 0 Å². The molecule has 3 amide bonds. The van der Waals surface area contributed by atoms with Crippen LogP contribution in [0.15, 0.2) is 53.9 Å². The Kier molecular flexibility index (Phi) is 8.33. The number of carbonyl (C=O) groups is 2. The van der Waals surface area contributed by atoms with E-state index in [0.29, 0.717) is 44.1 Å². The van der Waals surface area contributed by atoms with Crippen LogP contribution in [0.1, 0.15) is 23.7 Å². The van der Waals surface area contributed by atoms with Crippen LogP contribution in [0.25, 0.3) is 21.1 Å². The van der Waals surface area contributed by atoms with E-state index in [2.05, 4.69) is 20.9 Å². The summed E-state index contributed by atoms with van der Waals surface area (Å²) in [4.78, 5) is 34.4. The predicted octanol–water partition coefficient (Wildman–Crippen LogP) is 4.67. The zero-order chi connectivity index (χ0) is 26.4. The highest BCUT2D eigenvalue weighted by Crippen LogP contribution is 2.38. The average Bonchev–Trinajstić information content (AvgIpc) is 3.54. The topological polar surface area (TPSA) is 151 Å². The second-order valence-corrected chi connectivity index (χ2v) is 9.78. The molecule has 6 N–H and O–H groups in total. The first-order chi connectivity index (χ1) is 17.9. The van der Waals surface area contributed by atoms with Gasteiger partial charge in [-0.25, -0.2) is 14.8 Å². The number of nitrogens with two attached hydrogens (primary N) is 1. The summed E-state index contributed by atoms with van der Waals surface area (Å²) >= 11 is 2.61. The Balaban J connectivity index is 1.47. The number of aliphatic hydroxyl groups is 1. The number of hydrogen-bond acceptors (Lipinski definition) is 9. The van der Waals surface area contributed by atoms with Crippen molar-refractivity contribution in [1.29, 1.82) is 0 Å². The van der Waals surface area contributed by atoms with Gasteiger partial charge in [0, 0.05) is 22.2 Å². The van der Waals surface area contributed by atoms with Gasteiger partial charge in [0.15, 0.2) is 5.13 Å². The van der Waals surface area contributed by atoms with E-state index < -0.39 is 6.03 Å². The van der Waals surface area contributed by atoms with Crippen LogP contribution in [0.5, 0.6) is 5.75 Å². The molecule has 0 aliphatic rings. The zero-order valence-corrected chi connectivity index (χ0v) is 21.8. The van der Waals surface area contributed by atoms with E-state index in [1.165, 1.54) is 22.7 Å². The molecular weight excluding hydrogens is 512 g/mol. The van der Waals surface area contributed by atoms with Gasteiger partial charge in [-0.15, -0.1) is 11.3 Å². The molecule has 0 aliphatic heterocycles. The van der Waals surface area contributed by atoms with Gasteiger partial charge in [0.05, 0.1) is 25.5 Å². The third-order valence-electron chi connectivity index (χ3n) is 5.37. The minimum absolute atomic E-state index is 0.150. The van der Waals surface area contributed by atoms with Gasteiger partial charge in [-0.2, -0.15) is 0 Å². The monoisotopic (exact) mass is 538 g/mol. The Morgan fingerprint density at radius 2 is 1.95 bits per heavy atom. The number of nitrogens with zero attached hydrogens (tertiary/aromatic N) is 2. The Hall–Kier alpha value is -4.00. The first-order valence-electron chi connectivity index (χ1n) is 11.4. The van der Waals surface area contributed by atoms with Gasteiger partial charge in [-0.05, 0) is 36.8 Å². The number of amides is 3. The van der Waals surface area contributed by atoms with Crippen molar-refractivity contribution in [2.75, 3.05) is 30.1 Å². The smallest absolute Gasteiger partial charge is 0.321 e. The summed E-state index contributed by atoms with van der Waals surface area (Å²) in [7, 11) is 1.55. The Labute approximate surface area is 221 Å². The summed E-state index contributed by atoms with van der Waals surface area (Å²) in [5.41, 5.74) is 8.75. The number of thiazole rings is 2. The number of methoxy groups -OCH3 is 1. The minimum atomic E-state index is -0.464. The van der Waals surface area contributed by atoms with Crippen LogP contribution in [0, 0.1) is 0 Å². The highest BCUT2D eigenvalue weighted by Gasteiger charge is 2.18. The van der Waals surface area contributed by atoms with E-state index in [1.807, 2.05) is 30.5 Å². The fourth-order valence-electron chi connectivity index (χ4n) is 3.37. The van der Waals surface area contributed by atoms with Crippen molar-refractivity contribution in [2.45, 2.75) is 19.4 Å². The summed E-state index contributed by atoms with van der Waals surface area (Å²) in [6.45, 7) is 1.72. The Bertz CT molecular complexity index is 1400. The molecule has 192 valence electrons. The number of ether oxygens (including phenoxy) is 1. The number of rotatable bonds is 9. The van der Waals surface area contributed by atoms with Crippen LogP contribution in [-0.2, 0) is 0 Å². The molecular formula is C25H26N6O4S2. The van der Waals surface area contributed by atoms with E-state index in [4.69, 9.17) is 15.5 Å². The van der Waals surface area contributed by atoms with Gasteiger partial charge in [-0.1, -0.05) is 36.5 Å². The number of nitrogens with one attached hydrogen (secondary N) is 3. The fraction of sp³-hybridized carbons (Fsp3) is 0.200. The highest BCUT2D eigenvalue weighted by atomic mass is 32.1. The molecule has 0 spiro atoms. The lowest BCUT2D eigenvalue weighted by Crippen LogP contribution is -2.39. The number of benzene rings is 2. The summed E-state index contributed by atoms with van der Waals surface area (Å²) in [6, 6.07) is 13.5. The molecule has 1 atom stereocenters. The van der Waals surface area contributed by atoms with Gasteiger partial charge in [-0.3, -0.25) is 10.1 Å². The first-order valence-corrected chi connectivity index (χ1v) is 13.1. The standard InChI is InChI=1S/C25H26N6O4S2/c1-3-16(12-32)28-24(34)31-25-30-21(26)20(37-25)23-29-19(13-36-23)14-6-4-8-17(10-14)27-22(33)15-7-5-9-18(11-15)35-2/h4-11,13,16,32H,3,12,26H2,1-2H3,(H,27,33)(H2,28,30,31,34). The van der Waals surface area contributed by atoms with Crippen LogP contribution < -0.4 is 26.4 Å². The molecule has 0 fully saturated rings. The summed E-state index contributed by atoms with van der Waals surface area (Å²) < 4.78 is 5.19. The average molecular weight is 539 g/mol. The van der Waals surface area contributed by atoms with Gasteiger partial charge in [0.1, 0.15) is 21.5 Å². The lowest BCUT2D eigenvalue weighted by atomic mass is 10.1. The molecule has 0 bridgehead atoms. The van der Waals surface area contributed by atoms with Crippen molar-refractivity contribution < 1.29 is 19.4 Å². The molecule has 4 aromatic rings. The van der Waals surface area contributed by atoms with Crippen molar-refractivity contribution in [3.63, 3.8) is 0 Å². The number of aromatic nitrogens is 2. The maximum absolute atomic E-state index is 12.7. The summed E-state index contributed by atoms with van der Waals surface area (Å²) in [6.07, 6.45) is 0.600. The molecule has 1 unspecified atom stereocenters. The van der Waals surface area contributed by atoms with Gasteiger partial charge in [0.2, 0.25) is 0 Å². The molecule has 12 heteroatoms. The SMILES string of the molecule is CCC(CO)NC(=O)Nc1nc(N)c(-c2nc(-c3cccc(NC(=O)c4cccc(OC)c4)c3)cs2)s1. The van der Waals surface area contributed by atoms with E-state index in [-0.39, 0.29) is 24.4 Å². The molecule has 0 saturated heterocycles. The molecule has 10 nitrogen and oxygen atoms in total.